The number of carbonyl (C=O) groups is 1. The van der Waals surface area contributed by atoms with Gasteiger partial charge in [-0.1, -0.05) is 12.1 Å². The summed E-state index contributed by atoms with van der Waals surface area (Å²) < 4.78 is 0. The van der Waals surface area contributed by atoms with Crippen molar-refractivity contribution in [1.29, 1.82) is 0 Å². The maximum atomic E-state index is 10.5. The van der Waals surface area contributed by atoms with Gasteiger partial charge in [0.1, 0.15) is 0 Å². The molecule has 16 heavy (non-hydrogen) atoms. The number of benzene rings is 1. The van der Waals surface area contributed by atoms with Crippen LogP contribution in [-0.4, -0.2) is 12.5 Å². The van der Waals surface area contributed by atoms with Gasteiger partial charge in [-0.15, -0.1) is 0 Å². The molecule has 1 rings (SSSR count). The van der Waals surface area contributed by atoms with E-state index in [4.69, 9.17) is 11.5 Å². The van der Waals surface area contributed by atoms with Gasteiger partial charge in [-0.05, 0) is 31.4 Å². The van der Waals surface area contributed by atoms with Gasteiger partial charge in [-0.25, -0.2) is 0 Å². The molecule has 0 aliphatic carbocycles. The molecular weight excluding hydrogens is 202 g/mol. The van der Waals surface area contributed by atoms with Crippen molar-refractivity contribution in [3.05, 3.63) is 23.8 Å². The summed E-state index contributed by atoms with van der Waals surface area (Å²) in [6, 6.07) is 5.90. The highest BCUT2D eigenvalue weighted by Crippen LogP contribution is 2.21. The molecule has 0 spiro atoms. The van der Waals surface area contributed by atoms with Crippen molar-refractivity contribution < 1.29 is 4.79 Å². The normalized spacial score (nSPS) is 10.1. The number of aryl methyl sites for hydroxylation is 1. The average molecular weight is 221 g/mol. The van der Waals surface area contributed by atoms with E-state index in [0.29, 0.717) is 6.42 Å². The van der Waals surface area contributed by atoms with E-state index in [1.165, 1.54) is 0 Å². The molecule has 0 saturated carbocycles. The molecule has 0 atom stereocenters. The first-order valence-corrected chi connectivity index (χ1v) is 5.48. The largest absolute Gasteiger partial charge is 0.397 e. The van der Waals surface area contributed by atoms with Gasteiger partial charge in [-0.2, -0.15) is 0 Å². The lowest BCUT2D eigenvalue weighted by Crippen LogP contribution is -2.11. The first-order chi connectivity index (χ1) is 7.61. The van der Waals surface area contributed by atoms with Crippen LogP contribution in [0.5, 0.6) is 0 Å². The summed E-state index contributed by atoms with van der Waals surface area (Å²) in [4.78, 5) is 10.5. The van der Waals surface area contributed by atoms with Crippen molar-refractivity contribution in [2.75, 3.05) is 17.6 Å². The maximum Gasteiger partial charge on any atom is 0.217 e. The fraction of sp³-hybridized carbons (Fsp3) is 0.417. The molecule has 0 unspecified atom stereocenters. The number of carbonyl (C=O) groups excluding carboxylic acids is 1. The lowest BCUT2D eigenvalue weighted by Gasteiger charge is -2.10. The Hall–Kier alpha value is -1.71. The van der Waals surface area contributed by atoms with Crippen molar-refractivity contribution >= 4 is 17.3 Å². The Morgan fingerprint density at radius 2 is 2.12 bits per heavy atom. The van der Waals surface area contributed by atoms with Crippen LogP contribution in [0.25, 0.3) is 0 Å². The van der Waals surface area contributed by atoms with Crippen LogP contribution in [0, 0.1) is 6.92 Å². The fourth-order valence-electron chi connectivity index (χ4n) is 1.48. The standard InChI is InChI=1S/C12H19N3O/c1-9-5-4-6-10(12(9)14)15-8-3-2-7-11(13)16/h4-6,15H,2-3,7-8,14H2,1H3,(H2,13,16). The number of rotatable bonds is 6. The number of nitrogens with two attached hydrogens (primary N) is 2. The van der Waals surface area contributed by atoms with Crippen LogP contribution in [0.2, 0.25) is 0 Å². The third kappa shape index (κ3) is 3.81. The van der Waals surface area contributed by atoms with Gasteiger partial charge in [0.05, 0.1) is 11.4 Å². The number of nitrogen functional groups attached to an aromatic ring is 1. The topological polar surface area (TPSA) is 81.1 Å². The molecule has 88 valence electrons. The quantitative estimate of drug-likeness (QED) is 0.504. The summed E-state index contributed by atoms with van der Waals surface area (Å²) in [5, 5.41) is 3.25. The maximum absolute atomic E-state index is 10.5. The van der Waals surface area contributed by atoms with E-state index in [-0.39, 0.29) is 5.91 Å². The van der Waals surface area contributed by atoms with Crippen molar-refractivity contribution in [2.24, 2.45) is 5.73 Å². The molecule has 1 aromatic rings. The lowest BCUT2D eigenvalue weighted by molar-refractivity contribution is -0.118. The van der Waals surface area contributed by atoms with Crippen LogP contribution < -0.4 is 16.8 Å². The minimum absolute atomic E-state index is 0.241. The Morgan fingerprint density at radius 3 is 2.81 bits per heavy atom. The van der Waals surface area contributed by atoms with E-state index in [2.05, 4.69) is 5.32 Å². The van der Waals surface area contributed by atoms with Gasteiger partial charge in [0.25, 0.3) is 0 Å². The summed E-state index contributed by atoms with van der Waals surface area (Å²) >= 11 is 0. The molecule has 0 aliphatic rings. The van der Waals surface area contributed by atoms with Crippen LogP contribution in [0.4, 0.5) is 11.4 Å². The van der Waals surface area contributed by atoms with E-state index in [1.807, 2.05) is 25.1 Å². The van der Waals surface area contributed by atoms with Crippen LogP contribution in [0.15, 0.2) is 18.2 Å². The number of para-hydroxylation sites is 1. The number of anilines is 2. The highest BCUT2D eigenvalue weighted by molar-refractivity contribution is 5.73. The van der Waals surface area contributed by atoms with Crippen molar-refractivity contribution in [2.45, 2.75) is 26.2 Å². The second-order valence-corrected chi connectivity index (χ2v) is 3.89. The van der Waals surface area contributed by atoms with Gasteiger partial charge < -0.3 is 16.8 Å². The van der Waals surface area contributed by atoms with Crippen molar-refractivity contribution in [3.8, 4) is 0 Å². The Balaban J connectivity index is 2.32. The lowest BCUT2D eigenvalue weighted by atomic mass is 10.1. The SMILES string of the molecule is Cc1cccc(NCCCCC(N)=O)c1N. The molecule has 5 N–H and O–H groups in total. The Bertz CT molecular complexity index is 363. The Labute approximate surface area is 96.0 Å². The number of hydrogen-bond acceptors (Lipinski definition) is 3. The van der Waals surface area contributed by atoms with E-state index >= 15 is 0 Å². The molecule has 1 aromatic carbocycles. The van der Waals surface area contributed by atoms with Gasteiger partial charge in [0, 0.05) is 13.0 Å². The number of hydrogen-bond donors (Lipinski definition) is 3. The molecule has 0 fully saturated rings. The molecule has 0 saturated heterocycles. The predicted molar refractivity (Wildman–Crippen MR) is 67.1 cm³/mol. The number of amides is 1. The first-order valence-electron chi connectivity index (χ1n) is 5.48. The average Bonchev–Trinajstić information content (AvgIpc) is 2.23. The highest BCUT2D eigenvalue weighted by atomic mass is 16.1. The van der Waals surface area contributed by atoms with Crippen molar-refractivity contribution in [1.82, 2.24) is 0 Å². The third-order valence-corrected chi connectivity index (χ3v) is 2.49. The number of primary amides is 1. The summed E-state index contributed by atoms with van der Waals surface area (Å²) in [6.07, 6.45) is 2.18. The van der Waals surface area contributed by atoms with Gasteiger partial charge in [0.15, 0.2) is 0 Å². The zero-order valence-corrected chi connectivity index (χ0v) is 9.62. The summed E-state index contributed by atoms with van der Waals surface area (Å²) in [6.45, 7) is 2.79. The molecular formula is C12H19N3O. The fourth-order valence-corrected chi connectivity index (χ4v) is 1.48. The minimum Gasteiger partial charge on any atom is -0.397 e. The van der Waals surface area contributed by atoms with Gasteiger partial charge in [-0.3, -0.25) is 4.79 Å². The van der Waals surface area contributed by atoms with Crippen LogP contribution in [-0.2, 0) is 4.79 Å². The minimum atomic E-state index is -0.241. The third-order valence-electron chi connectivity index (χ3n) is 2.49. The van der Waals surface area contributed by atoms with E-state index in [0.717, 1.165) is 36.3 Å². The van der Waals surface area contributed by atoms with E-state index in [1.54, 1.807) is 0 Å². The Morgan fingerprint density at radius 1 is 1.38 bits per heavy atom. The number of nitrogens with one attached hydrogen (secondary N) is 1. The first kappa shape index (κ1) is 12.4. The highest BCUT2D eigenvalue weighted by Gasteiger charge is 2.00. The van der Waals surface area contributed by atoms with Crippen LogP contribution >= 0.6 is 0 Å². The molecule has 4 heteroatoms. The van der Waals surface area contributed by atoms with E-state index in [9.17, 15) is 4.79 Å². The number of unbranched alkanes of at least 4 members (excludes halogenated alkanes) is 1. The smallest absolute Gasteiger partial charge is 0.217 e. The van der Waals surface area contributed by atoms with Gasteiger partial charge in [0.2, 0.25) is 5.91 Å². The summed E-state index contributed by atoms with van der Waals surface area (Å²) in [7, 11) is 0. The Kier molecular flexibility index (Phi) is 4.64. The monoisotopic (exact) mass is 221 g/mol. The second kappa shape index (κ2) is 6.00. The summed E-state index contributed by atoms with van der Waals surface area (Å²) in [5.41, 5.74) is 13.8. The predicted octanol–water partition coefficient (Wildman–Crippen LogP) is 1.64. The zero-order chi connectivity index (χ0) is 12.0. The molecule has 0 bridgehead atoms. The van der Waals surface area contributed by atoms with Crippen molar-refractivity contribution in [3.63, 3.8) is 0 Å². The van der Waals surface area contributed by atoms with Crippen LogP contribution in [0.3, 0.4) is 0 Å². The molecule has 0 aromatic heterocycles. The van der Waals surface area contributed by atoms with Crippen LogP contribution in [0.1, 0.15) is 24.8 Å². The zero-order valence-electron chi connectivity index (χ0n) is 9.62. The van der Waals surface area contributed by atoms with Gasteiger partial charge >= 0.3 is 0 Å². The summed E-state index contributed by atoms with van der Waals surface area (Å²) in [5.74, 6) is -0.241. The molecule has 0 heterocycles. The second-order valence-electron chi connectivity index (χ2n) is 3.89. The molecule has 0 radical (unpaired) electrons. The molecule has 1 amide bonds. The molecule has 4 nitrogen and oxygen atoms in total. The van der Waals surface area contributed by atoms with E-state index < -0.39 is 0 Å². The molecule has 0 aliphatic heterocycles.